The second kappa shape index (κ2) is 5.41. The smallest absolute Gasteiger partial charge is 0.225 e. The number of hydrogen-bond acceptors (Lipinski definition) is 8. The van der Waals surface area contributed by atoms with Crippen LogP contribution >= 0.6 is 11.8 Å². The van der Waals surface area contributed by atoms with Gasteiger partial charge in [-0.2, -0.15) is 0 Å². The highest BCUT2D eigenvalue weighted by Crippen LogP contribution is 2.44. The van der Waals surface area contributed by atoms with Crippen LogP contribution in [0.2, 0.25) is 0 Å². The van der Waals surface area contributed by atoms with E-state index in [0.29, 0.717) is 24.2 Å². The summed E-state index contributed by atoms with van der Waals surface area (Å²) in [5.74, 6) is 1.09. The molecule has 2 aliphatic heterocycles. The number of hydrogen-bond donors (Lipinski definition) is 1. The number of nitrogens with zero attached hydrogens (tertiary/aromatic N) is 6. The zero-order valence-corrected chi connectivity index (χ0v) is 12.9. The van der Waals surface area contributed by atoms with Crippen molar-refractivity contribution in [2.24, 2.45) is 16.6 Å². The van der Waals surface area contributed by atoms with Crippen molar-refractivity contribution in [2.45, 2.75) is 5.54 Å². The van der Waals surface area contributed by atoms with Crippen LogP contribution in [0.1, 0.15) is 5.69 Å². The first-order valence-electron chi connectivity index (χ1n) is 7.14. The maximum Gasteiger partial charge on any atom is 0.225 e. The molecular weight excluding hydrogens is 317 g/mol. The molecule has 4 heterocycles. The molecule has 2 N–H and O–H groups in total. The predicted octanol–water partition coefficient (Wildman–Crippen LogP) is 0.799. The van der Waals surface area contributed by atoms with Gasteiger partial charge in [0.15, 0.2) is 11.0 Å². The summed E-state index contributed by atoms with van der Waals surface area (Å²) in [6.07, 6.45) is 7.37. The lowest BCUT2D eigenvalue weighted by molar-refractivity contribution is 0.375. The molecule has 1 fully saturated rings. The predicted molar refractivity (Wildman–Crippen MR) is 85.5 cm³/mol. The number of halogens is 1. The molecular formula is C14H14FN7S. The molecule has 9 heteroatoms. The second-order valence-electron chi connectivity index (χ2n) is 5.55. The minimum atomic E-state index is -0.554. The van der Waals surface area contributed by atoms with Crippen molar-refractivity contribution in [3.05, 3.63) is 42.5 Å². The Morgan fingerprint density at radius 1 is 1.22 bits per heavy atom. The summed E-state index contributed by atoms with van der Waals surface area (Å²) in [5, 5.41) is 0.550. The van der Waals surface area contributed by atoms with Gasteiger partial charge in [-0.25, -0.2) is 19.4 Å². The van der Waals surface area contributed by atoms with E-state index in [-0.39, 0.29) is 5.92 Å². The largest absolute Gasteiger partial charge is 0.379 e. The summed E-state index contributed by atoms with van der Waals surface area (Å²) >= 11 is 1.54. The molecule has 0 spiro atoms. The number of aromatic nitrogens is 4. The van der Waals surface area contributed by atoms with Crippen LogP contribution < -0.4 is 10.6 Å². The summed E-state index contributed by atoms with van der Waals surface area (Å²) in [6, 6.07) is 0. The molecule has 0 bridgehead atoms. The van der Waals surface area contributed by atoms with Gasteiger partial charge in [0.1, 0.15) is 5.54 Å². The Bertz CT molecular complexity index is 739. The van der Waals surface area contributed by atoms with E-state index in [1.807, 2.05) is 4.90 Å². The van der Waals surface area contributed by atoms with Gasteiger partial charge >= 0.3 is 0 Å². The van der Waals surface area contributed by atoms with Crippen molar-refractivity contribution in [3.63, 3.8) is 0 Å². The zero-order chi connectivity index (χ0) is 15.9. The molecule has 7 nitrogen and oxygen atoms in total. The Morgan fingerprint density at radius 2 is 2.04 bits per heavy atom. The van der Waals surface area contributed by atoms with E-state index in [1.165, 1.54) is 24.2 Å². The number of anilines is 1. The number of thioether (sulfide) groups is 1. The van der Waals surface area contributed by atoms with E-state index < -0.39 is 11.4 Å². The lowest BCUT2D eigenvalue weighted by atomic mass is 9.86. The number of aliphatic imine (C=N–C) groups is 1. The first kappa shape index (κ1) is 14.3. The lowest BCUT2D eigenvalue weighted by Gasteiger charge is -2.33. The molecule has 23 heavy (non-hydrogen) atoms. The molecule has 2 atom stereocenters. The van der Waals surface area contributed by atoms with Crippen LogP contribution in [0, 0.1) is 11.7 Å². The van der Waals surface area contributed by atoms with Crippen molar-refractivity contribution >= 4 is 22.9 Å². The molecule has 0 amide bonds. The van der Waals surface area contributed by atoms with Gasteiger partial charge in [-0.1, -0.05) is 11.8 Å². The molecule has 0 aliphatic carbocycles. The van der Waals surface area contributed by atoms with Crippen LogP contribution in [0.5, 0.6) is 0 Å². The maximum atomic E-state index is 13.1. The first-order chi connectivity index (χ1) is 11.2. The van der Waals surface area contributed by atoms with Gasteiger partial charge in [0.05, 0.1) is 30.8 Å². The first-order valence-corrected chi connectivity index (χ1v) is 8.13. The summed E-state index contributed by atoms with van der Waals surface area (Å²) < 4.78 is 13.1. The average molecular weight is 331 g/mol. The van der Waals surface area contributed by atoms with E-state index in [4.69, 9.17) is 10.7 Å². The van der Waals surface area contributed by atoms with Gasteiger partial charge < -0.3 is 10.6 Å². The molecule has 2 unspecified atom stereocenters. The van der Waals surface area contributed by atoms with Gasteiger partial charge in [0.2, 0.25) is 5.95 Å². The number of rotatable bonds is 2. The minimum absolute atomic E-state index is 0.213. The monoisotopic (exact) mass is 331 g/mol. The van der Waals surface area contributed by atoms with Gasteiger partial charge in [0, 0.05) is 30.6 Å². The molecule has 118 valence electrons. The molecule has 2 aromatic rings. The molecule has 0 saturated carbocycles. The van der Waals surface area contributed by atoms with Gasteiger partial charge in [0.25, 0.3) is 0 Å². The maximum absolute atomic E-state index is 13.1. The van der Waals surface area contributed by atoms with E-state index in [2.05, 4.69) is 19.9 Å². The van der Waals surface area contributed by atoms with E-state index in [9.17, 15) is 4.39 Å². The van der Waals surface area contributed by atoms with Crippen LogP contribution in [-0.2, 0) is 5.54 Å². The zero-order valence-electron chi connectivity index (χ0n) is 12.1. The Hall–Kier alpha value is -2.29. The van der Waals surface area contributed by atoms with Crippen LogP contribution in [0.3, 0.4) is 0 Å². The number of amidine groups is 1. The second-order valence-corrected chi connectivity index (χ2v) is 6.59. The molecule has 4 rings (SSSR count). The topological polar surface area (TPSA) is 93.2 Å². The third-order valence-corrected chi connectivity index (χ3v) is 5.14. The highest BCUT2D eigenvalue weighted by atomic mass is 32.2. The summed E-state index contributed by atoms with van der Waals surface area (Å²) in [4.78, 5) is 23.5. The molecule has 0 aromatic carbocycles. The molecule has 0 radical (unpaired) electrons. The van der Waals surface area contributed by atoms with Crippen LogP contribution in [0.25, 0.3) is 0 Å². The fourth-order valence-electron chi connectivity index (χ4n) is 3.12. The van der Waals surface area contributed by atoms with E-state index >= 15 is 0 Å². The van der Waals surface area contributed by atoms with Gasteiger partial charge in [-0.05, 0) is 0 Å². The van der Waals surface area contributed by atoms with Crippen LogP contribution in [0.15, 0.2) is 36.0 Å². The third kappa shape index (κ3) is 2.40. The lowest BCUT2D eigenvalue weighted by Crippen LogP contribution is -2.40. The summed E-state index contributed by atoms with van der Waals surface area (Å²) in [7, 11) is 0. The van der Waals surface area contributed by atoms with Gasteiger partial charge in [-0.3, -0.25) is 9.97 Å². The quantitative estimate of drug-likeness (QED) is 0.870. The van der Waals surface area contributed by atoms with Crippen molar-refractivity contribution in [1.29, 1.82) is 0 Å². The van der Waals surface area contributed by atoms with Crippen LogP contribution in [0.4, 0.5) is 10.3 Å². The van der Waals surface area contributed by atoms with E-state index in [0.717, 1.165) is 11.4 Å². The average Bonchev–Trinajstić information content (AvgIpc) is 2.96. The van der Waals surface area contributed by atoms with Crippen molar-refractivity contribution < 1.29 is 4.39 Å². The minimum Gasteiger partial charge on any atom is -0.379 e. The highest BCUT2D eigenvalue weighted by Gasteiger charge is 2.51. The summed E-state index contributed by atoms with van der Waals surface area (Å²) in [6.45, 7) is 1.26. The number of fused-ring (bicyclic) bond motifs is 1. The van der Waals surface area contributed by atoms with Crippen molar-refractivity contribution in [2.75, 3.05) is 23.7 Å². The third-order valence-electron chi connectivity index (χ3n) is 4.19. The van der Waals surface area contributed by atoms with Crippen molar-refractivity contribution in [1.82, 2.24) is 19.9 Å². The normalized spacial score (nSPS) is 26.7. The molecule has 2 aromatic heterocycles. The Kier molecular flexibility index (Phi) is 3.37. The fraction of sp³-hybridized carbons (Fsp3) is 0.357. The molecule has 1 saturated heterocycles. The highest BCUT2D eigenvalue weighted by molar-refractivity contribution is 8.13. The Balaban J connectivity index is 1.75. The van der Waals surface area contributed by atoms with Gasteiger partial charge in [-0.15, -0.1) is 0 Å². The van der Waals surface area contributed by atoms with Crippen LogP contribution in [-0.4, -0.2) is 43.9 Å². The van der Waals surface area contributed by atoms with Crippen molar-refractivity contribution in [3.8, 4) is 0 Å². The van der Waals surface area contributed by atoms with E-state index in [1.54, 1.807) is 18.6 Å². The standard InChI is InChI=1S/C14H14FN7S/c15-10-3-19-13(20-4-10)22-6-9-7-23-12(16)21-14(9,8-22)11-5-17-1-2-18-11/h1-5,9H,6-8H2,(H2,16,21). The summed E-state index contributed by atoms with van der Waals surface area (Å²) in [5.41, 5.74) is 6.22. The number of nitrogens with two attached hydrogens (primary N) is 1. The molecule has 2 aliphatic rings. The SMILES string of the molecule is NC1=NC2(c3cnccn3)CN(c3ncc(F)cn3)CC2CS1. The Morgan fingerprint density at radius 3 is 2.78 bits per heavy atom. The fourth-order valence-corrected chi connectivity index (χ4v) is 4.11. The Labute approximate surface area is 136 Å².